The molecule has 0 aliphatic heterocycles. The molecular formula is C32H29N4O3. The van der Waals surface area contributed by atoms with Gasteiger partial charge < -0.3 is 14.7 Å². The molecule has 5 rings (SSSR count). The van der Waals surface area contributed by atoms with Gasteiger partial charge in [-0.2, -0.15) is 4.98 Å². The Morgan fingerprint density at radius 3 is 2.26 bits per heavy atom. The predicted octanol–water partition coefficient (Wildman–Crippen LogP) is 5.34. The van der Waals surface area contributed by atoms with Crippen molar-refractivity contribution in [3.63, 3.8) is 0 Å². The molecule has 5 aromatic rings. The van der Waals surface area contributed by atoms with Crippen molar-refractivity contribution in [3.05, 3.63) is 138 Å². The standard InChI is InChI=1S/C32H29N4O3/c1-36(29(37)19-17-24-16-18-26-14-8-9-15-27(26)20-24)28(21-23-10-4-2-5-11-23)32-34-30(35-39-32)31(38)33-22-25-12-6-3-7-13-25/h2-16,18-20,28H,17,21-22H2,1H3,(H,33,38). The molecule has 0 bridgehead atoms. The number of hydrogen-bond acceptors (Lipinski definition) is 5. The number of nitrogens with zero attached hydrogens (tertiary/aromatic N) is 3. The van der Waals surface area contributed by atoms with E-state index in [1.165, 1.54) is 0 Å². The van der Waals surface area contributed by atoms with Gasteiger partial charge in [0.25, 0.3) is 11.7 Å². The Bertz CT molecular complexity index is 1550. The molecule has 0 saturated carbocycles. The Morgan fingerprint density at radius 1 is 0.846 bits per heavy atom. The van der Waals surface area contributed by atoms with Crippen LogP contribution in [0.3, 0.4) is 0 Å². The van der Waals surface area contributed by atoms with Gasteiger partial charge in [0.05, 0.1) is 6.42 Å². The summed E-state index contributed by atoms with van der Waals surface area (Å²) in [7, 11) is 1.71. The van der Waals surface area contributed by atoms with Crippen molar-refractivity contribution in [1.82, 2.24) is 20.4 Å². The molecule has 1 heterocycles. The highest BCUT2D eigenvalue weighted by Gasteiger charge is 2.28. The van der Waals surface area contributed by atoms with Crippen LogP contribution in [0.25, 0.3) is 10.8 Å². The number of amides is 2. The third-order valence-electron chi connectivity index (χ3n) is 6.64. The minimum atomic E-state index is -0.545. The summed E-state index contributed by atoms with van der Waals surface area (Å²) in [6.07, 6.45) is 2.61. The molecule has 7 nitrogen and oxygen atoms in total. The fourth-order valence-electron chi connectivity index (χ4n) is 4.42. The predicted molar refractivity (Wildman–Crippen MR) is 150 cm³/mol. The van der Waals surface area contributed by atoms with Crippen LogP contribution < -0.4 is 5.32 Å². The van der Waals surface area contributed by atoms with E-state index in [4.69, 9.17) is 4.52 Å². The van der Waals surface area contributed by atoms with Gasteiger partial charge in [-0.15, -0.1) is 0 Å². The number of carbonyl (C=O) groups is 2. The summed E-state index contributed by atoms with van der Waals surface area (Å²) in [5.41, 5.74) is 3.01. The Kier molecular flexibility index (Phi) is 8.07. The van der Waals surface area contributed by atoms with Gasteiger partial charge in [0.1, 0.15) is 6.04 Å². The molecule has 0 spiro atoms. The maximum Gasteiger partial charge on any atom is 0.292 e. The number of likely N-dealkylation sites (N-methyl/N-ethyl adjacent to an activating group) is 1. The van der Waals surface area contributed by atoms with E-state index in [9.17, 15) is 9.59 Å². The lowest BCUT2D eigenvalue weighted by atomic mass is 10.0. The van der Waals surface area contributed by atoms with Gasteiger partial charge >= 0.3 is 0 Å². The summed E-state index contributed by atoms with van der Waals surface area (Å²) >= 11 is 0. The highest BCUT2D eigenvalue weighted by Crippen LogP contribution is 2.24. The lowest BCUT2D eigenvalue weighted by molar-refractivity contribution is -0.129. The summed E-state index contributed by atoms with van der Waals surface area (Å²) in [5, 5.41) is 9.01. The third-order valence-corrected chi connectivity index (χ3v) is 6.64. The number of benzene rings is 4. The molecule has 195 valence electrons. The number of fused-ring (bicyclic) bond motifs is 1. The second-order valence-electron chi connectivity index (χ2n) is 9.37. The second kappa shape index (κ2) is 12.2. The number of rotatable bonds is 10. The number of aromatic nitrogens is 2. The van der Waals surface area contributed by atoms with Gasteiger partial charge in [0, 0.05) is 20.0 Å². The van der Waals surface area contributed by atoms with E-state index in [1.54, 1.807) is 18.4 Å². The van der Waals surface area contributed by atoms with E-state index >= 15 is 0 Å². The van der Waals surface area contributed by atoms with Gasteiger partial charge in [-0.25, -0.2) is 0 Å². The quantitative estimate of drug-likeness (QED) is 0.270. The van der Waals surface area contributed by atoms with E-state index in [0.29, 0.717) is 19.4 Å². The van der Waals surface area contributed by atoms with Crippen LogP contribution in [-0.2, 0) is 24.2 Å². The molecule has 0 fully saturated rings. The average molecular weight is 518 g/mol. The van der Waals surface area contributed by atoms with Crippen molar-refractivity contribution >= 4 is 22.6 Å². The molecule has 0 saturated heterocycles. The zero-order valence-corrected chi connectivity index (χ0v) is 21.7. The molecule has 0 aliphatic rings. The molecule has 39 heavy (non-hydrogen) atoms. The van der Waals surface area contributed by atoms with Crippen LogP contribution in [0.15, 0.2) is 108 Å². The molecule has 1 N–H and O–H groups in total. The molecule has 1 atom stereocenters. The summed E-state index contributed by atoms with van der Waals surface area (Å²) < 4.78 is 5.52. The van der Waals surface area contributed by atoms with Gasteiger partial charge in [-0.1, -0.05) is 108 Å². The summed E-state index contributed by atoms with van der Waals surface area (Å²) in [6.45, 7) is 0.346. The van der Waals surface area contributed by atoms with E-state index < -0.39 is 11.9 Å². The summed E-state index contributed by atoms with van der Waals surface area (Å²) in [6, 6.07) is 33.1. The Morgan fingerprint density at radius 2 is 1.51 bits per heavy atom. The van der Waals surface area contributed by atoms with Crippen molar-refractivity contribution in [2.45, 2.75) is 25.4 Å². The smallest absolute Gasteiger partial charge is 0.292 e. The van der Waals surface area contributed by atoms with E-state index in [2.05, 4.69) is 39.7 Å². The first-order chi connectivity index (χ1) is 19.1. The molecule has 4 aromatic carbocycles. The molecular weight excluding hydrogens is 488 g/mol. The van der Waals surface area contributed by atoms with Crippen molar-refractivity contribution in [3.8, 4) is 0 Å². The Hall–Kier alpha value is -4.78. The minimum absolute atomic E-state index is 0.0695. The summed E-state index contributed by atoms with van der Waals surface area (Å²) in [4.78, 5) is 31.9. The normalized spacial score (nSPS) is 11.7. The van der Waals surface area contributed by atoms with Crippen molar-refractivity contribution in [1.29, 1.82) is 0 Å². The van der Waals surface area contributed by atoms with Crippen LogP contribution in [0, 0.1) is 6.42 Å². The van der Waals surface area contributed by atoms with Crippen molar-refractivity contribution in [2.24, 2.45) is 0 Å². The van der Waals surface area contributed by atoms with Gasteiger partial charge in [-0.05, 0) is 33.9 Å². The minimum Gasteiger partial charge on any atom is -0.345 e. The van der Waals surface area contributed by atoms with Crippen LogP contribution in [0.4, 0.5) is 0 Å². The first kappa shape index (κ1) is 25.9. The van der Waals surface area contributed by atoms with Crippen LogP contribution in [0.2, 0.25) is 0 Å². The molecule has 1 radical (unpaired) electrons. The monoisotopic (exact) mass is 517 g/mol. The fraction of sp³-hybridized carbons (Fsp3) is 0.156. The number of hydrogen-bond donors (Lipinski definition) is 1. The first-order valence-corrected chi connectivity index (χ1v) is 12.8. The van der Waals surface area contributed by atoms with Gasteiger partial charge in [0.15, 0.2) is 0 Å². The van der Waals surface area contributed by atoms with Gasteiger partial charge in [0.2, 0.25) is 11.8 Å². The lowest BCUT2D eigenvalue weighted by Gasteiger charge is -2.25. The van der Waals surface area contributed by atoms with Crippen LogP contribution >= 0.6 is 0 Å². The number of carbonyl (C=O) groups excluding carboxylic acids is 2. The molecule has 1 aromatic heterocycles. The Balaban J connectivity index is 1.29. The third kappa shape index (κ3) is 6.57. The van der Waals surface area contributed by atoms with Crippen LogP contribution in [-0.4, -0.2) is 33.9 Å². The fourth-order valence-corrected chi connectivity index (χ4v) is 4.42. The lowest BCUT2D eigenvalue weighted by Crippen LogP contribution is -2.33. The second-order valence-corrected chi connectivity index (χ2v) is 9.37. The SMILES string of the molecule is CN(C(=O)[CH]Cc1ccc2ccccc2c1)C(Cc1ccccc1)c1nc(C(=O)NCc2ccccc2)no1. The first-order valence-electron chi connectivity index (χ1n) is 12.8. The Labute approximate surface area is 227 Å². The highest BCUT2D eigenvalue weighted by molar-refractivity contribution is 5.90. The highest BCUT2D eigenvalue weighted by atomic mass is 16.5. The summed E-state index contributed by atoms with van der Waals surface area (Å²) in [5.74, 6) is -0.472. The largest absolute Gasteiger partial charge is 0.345 e. The molecule has 7 heteroatoms. The topological polar surface area (TPSA) is 88.3 Å². The van der Waals surface area contributed by atoms with Crippen LogP contribution in [0.5, 0.6) is 0 Å². The van der Waals surface area contributed by atoms with Crippen LogP contribution in [0.1, 0.15) is 39.2 Å². The molecule has 0 aliphatic carbocycles. The van der Waals surface area contributed by atoms with E-state index in [-0.39, 0.29) is 17.6 Å². The van der Waals surface area contributed by atoms with E-state index in [1.807, 2.05) is 78.9 Å². The maximum absolute atomic E-state index is 13.3. The maximum atomic E-state index is 13.3. The van der Waals surface area contributed by atoms with Crippen molar-refractivity contribution in [2.75, 3.05) is 7.05 Å². The van der Waals surface area contributed by atoms with Gasteiger partial charge in [-0.3, -0.25) is 9.59 Å². The molecule has 1 unspecified atom stereocenters. The molecule has 2 amide bonds. The van der Waals surface area contributed by atoms with E-state index in [0.717, 1.165) is 27.5 Å². The zero-order chi connectivity index (χ0) is 27.0. The van der Waals surface area contributed by atoms with Crippen molar-refractivity contribution < 1.29 is 14.1 Å². The number of nitrogens with one attached hydrogen (secondary N) is 1. The average Bonchev–Trinajstić information content (AvgIpc) is 3.48. The zero-order valence-electron chi connectivity index (χ0n) is 21.7.